The minimum absolute atomic E-state index is 0.478. The van der Waals surface area contributed by atoms with E-state index in [1.54, 1.807) is 18.7 Å². The lowest BCUT2D eigenvalue weighted by Crippen LogP contribution is -2.33. The Kier molecular flexibility index (Phi) is 5.21. The predicted molar refractivity (Wildman–Crippen MR) is 62.8 cm³/mol. The minimum atomic E-state index is -0.810. The normalized spacial score (nSPS) is 12.3. The van der Waals surface area contributed by atoms with Gasteiger partial charge in [-0.05, 0) is 12.5 Å². The molecule has 2 N–H and O–H groups in total. The molecule has 4 heteroatoms. The van der Waals surface area contributed by atoms with Gasteiger partial charge in [-0.2, -0.15) is 0 Å². The van der Waals surface area contributed by atoms with Crippen molar-refractivity contribution >= 4 is 17.7 Å². The SMILES string of the molecule is C[C@H](NCSCc1ccccc1)C(=O)O. The molecule has 0 saturated heterocycles. The molecule has 0 heterocycles. The van der Waals surface area contributed by atoms with E-state index in [2.05, 4.69) is 17.4 Å². The Hall–Kier alpha value is -1.00. The number of carbonyl (C=O) groups is 1. The molecule has 0 radical (unpaired) electrons. The Labute approximate surface area is 93.9 Å². The molecule has 0 amide bonds. The van der Waals surface area contributed by atoms with Crippen LogP contribution in [0.4, 0.5) is 0 Å². The summed E-state index contributed by atoms with van der Waals surface area (Å²) in [5.74, 6) is 0.748. The van der Waals surface area contributed by atoms with E-state index in [-0.39, 0.29) is 0 Å². The van der Waals surface area contributed by atoms with Crippen LogP contribution in [-0.2, 0) is 10.5 Å². The maximum Gasteiger partial charge on any atom is 0.320 e. The van der Waals surface area contributed by atoms with Crippen molar-refractivity contribution in [1.29, 1.82) is 0 Å². The van der Waals surface area contributed by atoms with E-state index in [0.717, 1.165) is 5.75 Å². The number of hydrogen-bond donors (Lipinski definition) is 2. The fourth-order valence-electron chi connectivity index (χ4n) is 1.01. The van der Waals surface area contributed by atoms with Crippen LogP contribution in [0.5, 0.6) is 0 Å². The second kappa shape index (κ2) is 6.48. The number of carboxylic acid groups (broad SMARTS) is 1. The van der Waals surface area contributed by atoms with Crippen molar-refractivity contribution in [2.24, 2.45) is 0 Å². The van der Waals surface area contributed by atoms with Crippen LogP contribution in [0.1, 0.15) is 12.5 Å². The fourth-order valence-corrected chi connectivity index (χ4v) is 1.91. The van der Waals surface area contributed by atoms with E-state index in [9.17, 15) is 4.79 Å². The van der Waals surface area contributed by atoms with Crippen LogP contribution in [0.3, 0.4) is 0 Å². The third-order valence-electron chi connectivity index (χ3n) is 1.97. The monoisotopic (exact) mass is 225 g/mol. The third kappa shape index (κ3) is 4.85. The summed E-state index contributed by atoms with van der Waals surface area (Å²) in [5, 5.41) is 11.5. The van der Waals surface area contributed by atoms with Crippen molar-refractivity contribution in [2.75, 3.05) is 5.88 Å². The highest BCUT2D eigenvalue weighted by Crippen LogP contribution is 2.10. The molecular formula is C11H15NO2S. The van der Waals surface area contributed by atoms with Gasteiger partial charge in [-0.25, -0.2) is 0 Å². The zero-order valence-electron chi connectivity index (χ0n) is 8.64. The smallest absolute Gasteiger partial charge is 0.320 e. The van der Waals surface area contributed by atoms with Crippen molar-refractivity contribution in [2.45, 2.75) is 18.7 Å². The van der Waals surface area contributed by atoms with Gasteiger partial charge in [0.05, 0.1) is 0 Å². The Bertz CT molecular complexity index is 303. The molecule has 1 rings (SSSR count). The Morgan fingerprint density at radius 1 is 1.47 bits per heavy atom. The summed E-state index contributed by atoms with van der Waals surface area (Å²) in [6.45, 7) is 1.64. The average molecular weight is 225 g/mol. The molecule has 0 aliphatic carbocycles. The van der Waals surface area contributed by atoms with E-state index in [1.165, 1.54) is 5.56 Å². The second-order valence-corrected chi connectivity index (χ2v) is 4.23. The third-order valence-corrected chi connectivity index (χ3v) is 2.88. The first-order valence-electron chi connectivity index (χ1n) is 4.78. The average Bonchev–Trinajstić information content (AvgIpc) is 2.25. The van der Waals surface area contributed by atoms with Crippen LogP contribution in [0.25, 0.3) is 0 Å². The quantitative estimate of drug-likeness (QED) is 0.574. The standard InChI is InChI=1S/C11H15NO2S/c1-9(11(13)14)12-8-15-7-10-5-3-2-4-6-10/h2-6,9,12H,7-8H2,1H3,(H,13,14)/t9-/m0/s1. The molecular weight excluding hydrogens is 210 g/mol. The van der Waals surface area contributed by atoms with Crippen LogP contribution in [-0.4, -0.2) is 23.0 Å². The maximum atomic E-state index is 10.5. The number of aliphatic carboxylic acids is 1. The van der Waals surface area contributed by atoms with E-state index >= 15 is 0 Å². The molecule has 0 unspecified atom stereocenters. The van der Waals surface area contributed by atoms with Gasteiger partial charge in [-0.1, -0.05) is 30.3 Å². The summed E-state index contributed by atoms with van der Waals surface area (Å²) in [6, 6.07) is 9.64. The van der Waals surface area contributed by atoms with Crippen LogP contribution < -0.4 is 5.32 Å². The molecule has 15 heavy (non-hydrogen) atoms. The lowest BCUT2D eigenvalue weighted by atomic mass is 10.2. The van der Waals surface area contributed by atoms with Gasteiger partial charge in [0.1, 0.15) is 6.04 Å². The van der Waals surface area contributed by atoms with Crippen molar-refractivity contribution in [3.8, 4) is 0 Å². The Morgan fingerprint density at radius 2 is 2.13 bits per heavy atom. The summed E-state index contributed by atoms with van der Waals surface area (Å²) in [5.41, 5.74) is 1.26. The van der Waals surface area contributed by atoms with Crippen molar-refractivity contribution in [1.82, 2.24) is 5.32 Å². The molecule has 1 aromatic rings. The minimum Gasteiger partial charge on any atom is -0.480 e. The van der Waals surface area contributed by atoms with E-state index in [0.29, 0.717) is 5.88 Å². The van der Waals surface area contributed by atoms with Gasteiger partial charge in [-0.3, -0.25) is 10.1 Å². The molecule has 1 aromatic carbocycles. The number of thioether (sulfide) groups is 1. The fraction of sp³-hybridized carbons (Fsp3) is 0.364. The molecule has 0 saturated carbocycles. The first-order chi connectivity index (χ1) is 7.20. The summed E-state index contributed by atoms with van der Waals surface area (Å²) in [4.78, 5) is 10.5. The van der Waals surface area contributed by atoms with Crippen molar-refractivity contribution in [3.63, 3.8) is 0 Å². The second-order valence-electron chi connectivity index (χ2n) is 3.24. The summed E-state index contributed by atoms with van der Waals surface area (Å²) in [7, 11) is 0. The molecule has 0 aromatic heterocycles. The number of nitrogens with one attached hydrogen (secondary N) is 1. The van der Waals surface area contributed by atoms with Gasteiger partial charge in [0.15, 0.2) is 0 Å². The van der Waals surface area contributed by atoms with Gasteiger partial charge in [-0.15, -0.1) is 11.8 Å². The van der Waals surface area contributed by atoms with Crippen molar-refractivity contribution in [3.05, 3.63) is 35.9 Å². The Balaban J connectivity index is 2.15. The highest BCUT2D eigenvalue weighted by molar-refractivity contribution is 7.98. The van der Waals surface area contributed by atoms with Gasteiger partial charge in [0, 0.05) is 11.6 Å². The highest BCUT2D eigenvalue weighted by Gasteiger charge is 2.08. The van der Waals surface area contributed by atoms with Crippen molar-refractivity contribution < 1.29 is 9.90 Å². The zero-order chi connectivity index (χ0) is 11.1. The van der Waals surface area contributed by atoms with Gasteiger partial charge in [0.25, 0.3) is 0 Å². The molecule has 3 nitrogen and oxygen atoms in total. The van der Waals surface area contributed by atoms with E-state index in [4.69, 9.17) is 5.11 Å². The number of hydrogen-bond acceptors (Lipinski definition) is 3. The van der Waals surface area contributed by atoms with Gasteiger partial charge < -0.3 is 5.11 Å². The first-order valence-corrected chi connectivity index (χ1v) is 5.93. The lowest BCUT2D eigenvalue weighted by Gasteiger charge is -2.08. The Morgan fingerprint density at radius 3 is 2.73 bits per heavy atom. The topological polar surface area (TPSA) is 49.3 Å². The molecule has 82 valence electrons. The van der Waals surface area contributed by atoms with E-state index < -0.39 is 12.0 Å². The number of benzene rings is 1. The molecule has 0 fully saturated rings. The maximum absolute atomic E-state index is 10.5. The zero-order valence-corrected chi connectivity index (χ0v) is 9.46. The largest absolute Gasteiger partial charge is 0.480 e. The van der Waals surface area contributed by atoms with Crippen LogP contribution in [0.2, 0.25) is 0 Å². The van der Waals surface area contributed by atoms with Crippen LogP contribution >= 0.6 is 11.8 Å². The summed E-state index contributed by atoms with van der Waals surface area (Å²) < 4.78 is 0. The molecule has 0 bridgehead atoms. The van der Waals surface area contributed by atoms with Crippen LogP contribution in [0, 0.1) is 0 Å². The van der Waals surface area contributed by atoms with Gasteiger partial charge in [0.2, 0.25) is 0 Å². The molecule has 0 spiro atoms. The lowest BCUT2D eigenvalue weighted by molar-refractivity contribution is -0.138. The molecule has 1 atom stereocenters. The van der Waals surface area contributed by atoms with Crippen LogP contribution in [0.15, 0.2) is 30.3 Å². The molecule has 0 aliphatic rings. The van der Waals surface area contributed by atoms with Gasteiger partial charge >= 0.3 is 5.97 Å². The highest BCUT2D eigenvalue weighted by atomic mass is 32.2. The first kappa shape index (κ1) is 12.1. The number of carboxylic acids is 1. The summed E-state index contributed by atoms with van der Waals surface area (Å²) >= 11 is 1.68. The molecule has 0 aliphatic heterocycles. The predicted octanol–water partition coefficient (Wildman–Crippen LogP) is 1.94. The number of rotatable bonds is 6. The summed E-state index contributed by atoms with van der Waals surface area (Å²) in [6.07, 6.45) is 0. The van der Waals surface area contributed by atoms with E-state index in [1.807, 2.05) is 18.2 Å².